The summed E-state index contributed by atoms with van der Waals surface area (Å²) >= 11 is 0. The summed E-state index contributed by atoms with van der Waals surface area (Å²) in [6.07, 6.45) is 0.611. The van der Waals surface area contributed by atoms with Crippen molar-refractivity contribution >= 4 is 22.9 Å². The average molecular weight is 563 g/mol. The first-order valence-corrected chi connectivity index (χ1v) is 13.1. The van der Waals surface area contributed by atoms with Gasteiger partial charge in [-0.15, -0.1) is 10.1 Å². The highest BCUT2D eigenvalue weighted by atomic mass is 19.1. The second-order valence-corrected chi connectivity index (χ2v) is 9.89. The van der Waals surface area contributed by atoms with E-state index in [1.165, 1.54) is 24.3 Å². The second kappa shape index (κ2) is 13.2. The van der Waals surface area contributed by atoms with Gasteiger partial charge in [0.05, 0.1) is 18.6 Å². The number of carbonyl (C=O) groups excluding carboxylic acids is 1. The van der Waals surface area contributed by atoms with E-state index in [9.17, 15) is 29.5 Å². The van der Waals surface area contributed by atoms with Crippen LogP contribution in [0.4, 0.5) is 4.39 Å². The summed E-state index contributed by atoms with van der Waals surface area (Å²) in [5.41, 5.74) is 3.97. The minimum absolute atomic E-state index is 0.0795. The summed E-state index contributed by atoms with van der Waals surface area (Å²) in [6.45, 7) is 3.81. The third kappa shape index (κ3) is 7.56. The molecule has 0 fully saturated rings. The minimum Gasteiger partial charge on any atom is -0.426 e. The number of carbonyl (C=O) groups is 1. The number of aliphatic hydroxyl groups is 2. The summed E-state index contributed by atoms with van der Waals surface area (Å²) in [7, 11) is 0. The van der Waals surface area contributed by atoms with Crippen LogP contribution in [0.15, 0.2) is 78.9 Å². The number of aromatic nitrogens is 1. The average Bonchev–Trinajstić information content (AvgIpc) is 3.25. The van der Waals surface area contributed by atoms with Crippen LogP contribution in [-0.2, 0) is 16.2 Å². The molecule has 0 saturated heterocycles. The van der Waals surface area contributed by atoms with Gasteiger partial charge in [-0.3, -0.25) is 4.79 Å². The molecule has 2 atom stereocenters. The number of hydrogen-bond acceptors (Lipinski definition) is 7. The molecular weight excluding hydrogens is 531 g/mol. The molecule has 9 nitrogen and oxygen atoms in total. The van der Waals surface area contributed by atoms with E-state index in [0.717, 1.165) is 27.7 Å². The van der Waals surface area contributed by atoms with E-state index in [4.69, 9.17) is 4.74 Å². The van der Waals surface area contributed by atoms with Crippen molar-refractivity contribution in [2.24, 2.45) is 0 Å². The Kier molecular flexibility index (Phi) is 9.49. The maximum absolute atomic E-state index is 13.7. The molecule has 0 aliphatic carbocycles. The van der Waals surface area contributed by atoms with Crippen molar-refractivity contribution in [3.63, 3.8) is 0 Å². The van der Waals surface area contributed by atoms with Gasteiger partial charge in [0.2, 0.25) is 0 Å². The van der Waals surface area contributed by atoms with E-state index >= 15 is 0 Å². The number of aliphatic hydroxyl groups excluding tert-OH is 2. The van der Waals surface area contributed by atoms with Crippen molar-refractivity contribution in [3.05, 3.63) is 106 Å². The van der Waals surface area contributed by atoms with Crippen molar-refractivity contribution in [2.45, 2.75) is 51.5 Å². The van der Waals surface area contributed by atoms with Gasteiger partial charge in [0, 0.05) is 34.6 Å². The Morgan fingerprint density at radius 3 is 2.51 bits per heavy atom. The SMILES string of the molecule is CC(C)n1c(/C=C/[C@@H](O)C[C@@H](O)CC(=O)Oc2cccc(CO[N+](=O)[O-])c2)c(-c2ccc(F)cc2)c2ccccc21. The third-order valence-corrected chi connectivity index (χ3v) is 6.46. The quantitative estimate of drug-likeness (QED) is 0.0960. The topological polar surface area (TPSA) is 124 Å². The van der Waals surface area contributed by atoms with E-state index in [-0.39, 0.29) is 37.1 Å². The molecule has 41 heavy (non-hydrogen) atoms. The van der Waals surface area contributed by atoms with Gasteiger partial charge in [0.1, 0.15) is 18.2 Å². The number of nitrogens with zero attached hydrogens (tertiary/aromatic N) is 2. The highest BCUT2D eigenvalue weighted by Crippen LogP contribution is 2.38. The van der Waals surface area contributed by atoms with Gasteiger partial charge in [-0.1, -0.05) is 48.5 Å². The summed E-state index contributed by atoms with van der Waals surface area (Å²) in [6, 6.07) is 20.3. The Bertz CT molecular complexity index is 1550. The van der Waals surface area contributed by atoms with E-state index in [1.807, 2.05) is 24.3 Å². The molecule has 0 aliphatic heterocycles. The van der Waals surface area contributed by atoms with Crippen molar-refractivity contribution in [1.82, 2.24) is 4.57 Å². The molecule has 3 aromatic carbocycles. The van der Waals surface area contributed by atoms with Crippen LogP contribution in [-0.4, -0.2) is 38.0 Å². The van der Waals surface area contributed by atoms with Crippen LogP contribution in [0.1, 0.15) is 44.0 Å². The maximum Gasteiger partial charge on any atom is 0.313 e. The molecule has 214 valence electrons. The molecule has 1 heterocycles. The second-order valence-electron chi connectivity index (χ2n) is 9.89. The molecule has 2 N–H and O–H groups in total. The predicted molar refractivity (Wildman–Crippen MR) is 152 cm³/mol. The minimum atomic E-state index is -1.18. The summed E-state index contributed by atoms with van der Waals surface area (Å²) in [5, 5.41) is 31.6. The van der Waals surface area contributed by atoms with Crippen LogP contribution in [0.25, 0.3) is 28.1 Å². The number of hydrogen-bond donors (Lipinski definition) is 2. The van der Waals surface area contributed by atoms with E-state index in [0.29, 0.717) is 5.56 Å². The molecule has 1 aromatic heterocycles. The monoisotopic (exact) mass is 562 g/mol. The number of rotatable bonds is 12. The van der Waals surface area contributed by atoms with E-state index < -0.39 is 23.3 Å². The first-order chi connectivity index (χ1) is 19.6. The molecule has 10 heteroatoms. The van der Waals surface area contributed by atoms with Gasteiger partial charge in [-0.05, 0) is 61.4 Å². The molecule has 0 spiro atoms. The highest BCUT2D eigenvalue weighted by Gasteiger charge is 2.20. The fourth-order valence-corrected chi connectivity index (χ4v) is 4.76. The van der Waals surface area contributed by atoms with Crippen molar-refractivity contribution in [2.75, 3.05) is 0 Å². The normalized spacial score (nSPS) is 13.0. The maximum atomic E-state index is 13.7. The molecule has 0 unspecified atom stereocenters. The number of para-hydroxylation sites is 1. The van der Waals surface area contributed by atoms with Gasteiger partial charge in [0.15, 0.2) is 0 Å². The van der Waals surface area contributed by atoms with Gasteiger partial charge < -0.3 is 24.4 Å². The van der Waals surface area contributed by atoms with Crippen molar-refractivity contribution in [3.8, 4) is 16.9 Å². The molecule has 0 radical (unpaired) electrons. The lowest BCUT2D eigenvalue weighted by molar-refractivity contribution is -0.763. The van der Waals surface area contributed by atoms with E-state index in [1.54, 1.807) is 36.4 Å². The van der Waals surface area contributed by atoms with Crippen LogP contribution in [0, 0.1) is 15.9 Å². The van der Waals surface area contributed by atoms with Gasteiger partial charge in [-0.25, -0.2) is 4.39 Å². The summed E-state index contributed by atoms with van der Waals surface area (Å²) < 4.78 is 21.1. The molecule has 0 aliphatic rings. The fourth-order valence-electron chi connectivity index (χ4n) is 4.76. The van der Waals surface area contributed by atoms with Gasteiger partial charge in [0.25, 0.3) is 5.09 Å². The largest absolute Gasteiger partial charge is 0.426 e. The Labute approximate surface area is 236 Å². The molecular formula is C31H31FN2O7. The smallest absolute Gasteiger partial charge is 0.313 e. The first kappa shape index (κ1) is 29.4. The fraction of sp³-hybridized carbons (Fsp3) is 0.258. The Morgan fingerprint density at radius 2 is 1.80 bits per heavy atom. The summed E-state index contributed by atoms with van der Waals surface area (Å²) in [4.78, 5) is 27.1. The lowest BCUT2D eigenvalue weighted by Gasteiger charge is -2.15. The first-order valence-electron chi connectivity index (χ1n) is 13.1. The molecule has 4 rings (SSSR count). The Balaban J connectivity index is 1.47. The number of benzene rings is 3. The lowest BCUT2D eigenvalue weighted by atomic mass is 10.0. The number of fused-ring (bicyclic) bond motifs is 1. The van der Waals surface area contributed by atoms with Crippen LogP contribution in [0.3, 0.4) is 0 Å². The van der Waals surface area contributed by atoms with Crippen LogP contribution < -0.4 is 4.74 Å². The molecule has 0 amide bonds. The predicted octanol–water partition coefficient (Wildman–Crippen LogP) is 5.86. The van der Waals surface area contributed by atoms with Crippen molar-refractivity contribution in [1.29, 1.82) is 0 Å². The number of halogens is 1. The summed E-state index contributed by atoms with van der Waals surface area (Å²) in [5.74, 6) is -0.903. The zero-order valence-electron chi connectivity index (χ0n) is 22.6. The van der Waals surface area contributed by atoms with Gasteiger partial charge in [-0.2, -0.15) is 0 Å². The molecule has 0 bridgehead atoms. The zero-order valence-corrected chi connectivity index (χ0v) is 22.6. The van der Waals surface area contributed by atoms with Crippen LogP contribution in [0.2, 0.25) is 0 Å². The third-order valence-electron chi connectivity index (χ3n) is 6.46. The van der Waals surface area contributed by atoms with Crippen LogP contribution in [0.5, 0.6) is 5.75 Å². The van der Waals surface area contributed by atoms with Crippen molar-refractivity contribution < 1.29 is 34.1 Å². The van der Waals surface area contributed by atoms with Gasteiger partial charge >= 0.3 is 5.97 Å². The lowest BCUT2D eigenvalue weighted by Crippen LogP contribution is -2.22. The van der Waals surface area contributed by atoms with Crippen LogP contribution >= 0.6 is 0 Å². The number of ether oxygens (including phenoxy) is 1. The molecule has 0 saturated carbocycles. The Morgan fingerprint density at radius 1 is 1.07 bits per heavy atom. The van der Waals surface area contributed by atoms with E-state index in [2.05, 4.69) is 23.3 Å². The highest BCUT2D eigenvalue weighted by molar-refractivity contribution is 6.01. The Hall–Kier alpha value is -4.54. The number of esters is 1. The molecule has 4 aromatic rings. The standard InChI is InChI=1S/C31H31FN2O7/c1-20(2)33-28-9-4-3-8-27(28)31(22-10-12-23(32)13-11-22)29(33)15-14-24(35)17-25(36)18-30(37)41-26-7-5-6-21(16-26)19-40-34(38)39/h3-16,20,24-25,35-36H,17-19H2,1-2H3/b15-14+/t24-,25-/m1/s1. The zero-order chi connectivity index (χ0) is 29.5.